The molecule has 0 aliphatic rings. The number of aryl methyl sites for hydroxylation is 2. The Labute approximate surface area is 169 Å². The molecule has 2 aromatic carbocycles. The zero-order chi connectivity index (χ0) is 22.1. The number of pyridine rings is 1. The van der Waals surface area contributed by atoms with Gasteiger partial charge < -0.3 is 5.32 Å². The number of hydrogen-bond acceptors (Lipinski definition) is 2. The van der Waals surface area contributed by atoms with Crippen molar-refractivity contribution >= 4 is 11.6 Å². The molecule has 0 fully saturated rings. The monoisotopic (exact) mass is 420 g/mol. The minimum Gasteiger partial charge on any atom is -0.326 e. The van der Waals surface area contributed by atoms with Crippen LogP contribution in [0.4, 0.5) is 27.6 Å². The molecule has 3 aromatic rings. The third kappa shape index (κ3) is 5.00. The molecule has 3 rings (SSSR count). The van der Waals surface area contributed by atoms with Crippen molar-refractivity contribution in [2.45, 2.75) is 26.4 Å². The number of nitrogens with one attached hydrogen (secondary N) is 1. The number of anilines is 1. The summed E-state index contributed by atoms with van der Waals surface area (Å²) in [6, 6.07) is 9.54. The summed E-state index contributed by atoms with van der Waals surface area (Å²) in [6.45, 7) is 3.44. The number of rotatable bonds is 4. The summed E-state index contributed by atoms with van der Waals surface area (Å²) in [5.41, 5.74) is 0.439. The normalized spacial score (nSPS) is 11.4. The molecule has 0 spiro atoms. The second-order valence-electron chi connectivity index (χ2n) is 6.86. The highest BCUT2D eigenvalue weighted by Gasteiger charge is 2.31. The Hall–Kier alpha value is -3.29. The Balaban J connectivity index is 1.96. The van der Waals surface area contributed by atoms with Crippen molar-refractivity contribution in [1.82, 2.24) is 4.98 Å². The van der Waals surface area contributed by atoms with E-state index in [0.717, 1.165) is 30.3 Å². The first-order valence-electron chi connectivity index (χ1n) is 8.93. The molecule has 0 bridgehead atoms. The smallest absolute Gasteiger partial charge is 0.326 e. The lowest BCUT2D eigenvalue weighted by molar-refractivity contribution is -0.137. The van der Waals surface area contributed by atoms with Crippen molar-refractivity contribution in [3.8, 4) is 11.1 Å². The highest BCUT2D eigenvalue weighted by Crippen LogP contribution is 2.35. The number of halogens is 5. The minimum absolute atomic E-state index is 0.131. The van der Waals surface area contributed by atoms with E-state index in [1.807, 2.05) is 0 Å². The molecule has 30 heavy (non-hydrogen) atoms. The molecule has 1 heterocycles. The van der Waals surface area contributed by atoms with E-state index in [2.05, 4.69) is 10.3 Å². The number of alkyl halides is 3. The standard InChI is InChI=1S/C22H17F5N2O/c1-12-6-14(7-13(2)28-12)15-8-16(22(25,26)27)10-17(9-15)29-21(30)11-18-19(23)4-3-5-20(18)24/h3-10H,11H2,1-2H3,(H,29,30). The molecule has 0 saturated heterocycles. The van der Waals surface area contributed by atoms with Gasteiger partial charge in [-0.3, -0.25) is 9.78 Å². The van der Waals surface area contributed by atoms with E-state index in [1.165, 1.54) is 6.07 Å². The van der Waals surface area contributed by atoms with Gasteiger partial charge in [-0.2, -0.15) is 13.2 Å². The fourth-order valence-electron chi connectivity index (χ4n) is 3.10. The fraction of sp³-hybridized carbons (Fsp3) is 0.182. The third-order valence-electron chi connectivity index (χ3n) is 4.36. The maximum atomic E-state index is 13.8. The molecule has 0 radical (unpaired) electrons. The predicted molar refractivity (Wildman–Crippen MR) is 103 cm³/mol. The van der Waals surface area contributed by atoms with E-state index in [1.54, 1.807) is 26.0 Å². The van der Waals surface area contributed by atoms with Crippen LogP contribution in [-0.2, 0) is 17.4 Å². The van der Waals surface area contributed by atoms with Gasteiger partial charge in [0.2, 0.25) is 5.91 Å². The second kappa shape index (κ2) is 8.22. The Morgan fingerprint density at radius 2 is 1.50 bits per heavy atom. The van der Waals surface area contributed by atoms with Crippen molar-refractivity contribution in [2.24, 2.45) is 0 Å². The van der Waals surface area contributed by atoms with Crippen LogP contribution in [0.2, 0.25) is 0 Å². The minimum atomic E-state index is -4.65. The molecule has 3 nitrogen and oxygen atoms in total. The van der Waals surface area contributed by atoms with Crippen LogP contribution in [0, 0.1) is 25.5 Å². The number of carbonyl (C=O) groups excluding carboxylic acids is 1. The molecule has 156 valence electrons. The summed E-state index contributed by atoms with van der Waals surface area (Å²) in [7, 11) is 0. The van der Waals surface area contributed by atoms with Crippen LogP contribution in [0.15, 0.2) is 48.5 Å². The first kappa shape index (κ1) is 21.4. The SMILES string of the molecule is Cc1cc(-c2cc(NC(=O)Cc3c(F)cccc3F)cc(C(F)(F)F)c2)cc(C)n1. The van der Waals surface area contributed by atoms with Crippen LogP contribution in [0.5, 0.6) is 0 Å². The molecule has 0 aliphatic carbocycles. The molecule has 8 heteroatoms. The van der Waals surface area contributed by atoms with Crippen molar-refractivity contribution in [3.05, 3.63) is 82.7 Å². The number of carbonyl (C=O) groups is 1. The molecule has 0 unspecified atom stereocenters. The van der Waals surface area contributed by atoms with Gasteiger partial charge in [-0.05, 0) is 67.4 Å². The lowest BCUT2D eigenvalue weighted by atomic mass is 10.0. The summed E-state index contributed by atoms with van der Waals surface area (Å²) in [4.78, 5) is 16.5. The van der Waals surface area contributed by atoms with E-state index in [9.17, 15) is 26.7 Å². The van der Waals surface area contributed by atoms with E-state index in [-0.39, 0.29) is 11.3 Å². The van der Waals surface area contributed by atoms with Gasteiger partial charge in [0.25, 0.3) is 0 Å². The van der Waals surface area contributed by atoms with Gasteiger partial charge in [0.15, 0.2) is 0 Å². The molecule has 0 aliphatic heterocycles. The van der Waals surface area contributed by atoms with E-state index >= 15 is 0 Å². The van der Waals surface area contributed by atoms with Crippen LogP contribution in [-0.4, -0.2) is 10.9 Å². The highest BCUT2D eigenvalue weighted by atomic mass is 19.4. The van der Waals surface area contributed by atoms with Gasteiger partial charge in [0.05, 0.1) is 12.0 Å². The molecule has 0 atom stereocenters. The van der Waals surface area contributed by atoms with Gasteiger partial charge in [0.1, 0.15) is 11.6 Å². The summed E-state index contributed by atoms with van der Waals surface area (Å²) < 4.78 is 67.7. The Morgan fingerprint density at radius 1 is 0.933 bits per heavy atom. The van der Waals surface area contributed by atoms with E-state index < -0.39 is 41.3 Å². The molecule has 1 amide bonds. The summed E-state index contributed by atoms with van der Waals surface area (Å²) in [5, 5.41) is 2.31. The van der Waals surface area contributed by atoms with Crippen LogP contribution in [0.25, 0.3) is 11.1 Å². The Morgan fingerprint density at radius 3 is 2.07 bits per heavy atom. The van der Waals surface area contributed by atoms with Crippen molar-refractivity contribution in [1.29, 1.82) is 0 Å². The Kier molecular flexibility index (Phi) is 5.87. The van der Waals surface area contributed by atoms with Gasteiger partial charge in [0, 0.05) is 22.6 Å². The maximum Gasteiger partial charge on any atom is 0.416 e. The van der Waals surface area contributed by atoms with Crippen LogP contribution in [0.3, 0.4) is 0 Å². The Bertz CT molecular complexity index is 1070. The second-order valence-corrected chi connectivity index (χ2v) is 6.86. The van der Waals surface area contributed by atoms with Gasteiger partial charge in [-0.25, -0.2) is 8.78 Å². The summed E-state index contributed by atoms with van der Waals surface area (Å²) in [5.74, 6) is -2.65. The molecule has 1 aromatic heterocycles. The van der Waals surface area contributed by atoms with Crippen LogP contribution in [0.1, 0.15) is 22.5 Å². The highest BCUT2D eigenvalue weighted by molar-refractivity contribution is 5.93. The first-order chi connectivity index (χ1) is 14.0. The van der Waals surface area contributed by atoms with Crippen LogP contribution < -0.4 is 5.32 Å². The van der Waals surface area contributed by atoms with Gasteiger partial charge in [-0.15, -0.1) is 0 Å². The average molecular weight is 420 g/mol. The number of amides is 1. The number of aromatic nitrogens is 1. The van der Waals surface area contributed by atoms with Crippen molar-refractivity contribution in [2.75, 3.05) is 5.32 Å². The van der Waals surface area contributed by atoms with Gasteiger partial charge in [-0.1, -0.05) is 6.07 Å². The largest absolute Gasteiger partial charge is 0.416 e. The fourth-order valence-corrected chi connectivity index (χ4v) is 3.10. The summed E-state index contributed by atoms with van der Waals surface area (Å²) in [6.07, 6.45) is -5.30. The topological polar surface area (TPSA) is 42.0 Å². The van der Waals surface area contributed by atoms with E-state index in [4.69, 9.17) is 0 Å². The van der Waals surface area contributed by atoms with Gasteiger partial charge >= 0.3 is 6.18 Å². The molecule has 0 saturated carbocycles. The quantitative estimate of drug-likeness (QED) is 0.539. The zero-order valence-electron chi connectivity index (χ0n) is 16.1. The maximum absolute atomic E-state index is 13.8. The number of benzene rings is 2. The average Bonchev–Trinajstić information content (AvgIpc) is 2.63. The molecule has 1 N–H and O–H groups in total. The summed E-state index contributed by atoms with van der Waals surface area (Å²) >= 11 is 0. The number of nitrogens with zero attached hydrogens (tertiary/aromatic N) is 1. The third-order valence-corrected chi connectivity index (χ3v) is 4.36. The van der Waals surface area contributed by atoms with Crippen molar-refractivity contribution in [3.63, 3.8) is 0 Å². The van der Waals surface area contributed by atoms with E-state index in [0.29, 0.717) is 17.0 Å². The molecular weight excluding hydrogens is 403 g/mol. The first-order valence-corrected chi connectivity index (χ1v) is 8.93. The lowest BCUT2D eigenvalue weighted by Crippen LogP contribution is -2.17. The lowest BCUT2D eigenvalue weighted by Gasteiger charge is -2.14. The zero-order valence-corrected chi connectivity index (χ0v) is 16.1. The van der Waals surface area contributed by atoms with Crippen LogP contribution >= 0.6 is 0 Å². The number of hydrogen-bond donors (Lipinski definition) is 1. The molecular formula is C22H17F5N2O. The predicted octanol–water partition coefficient (Wildman–Crippen LogP) is 5.84. The van der Waals surface area contributed by atoms with Crippen molar-refractivity contribution < 1.29 is 26.7 Å².